The van der Waals surface area contributed by atoms with E-state index in [1.165, 1.54) is 11.1 Å². The highest BCUT2D eigenvalue weighted by Crippen LogP contribution is 2.30. The number of aliphatic imine (C=N–C) groups is 1. The van der Waals surface area contributed by atoms with E-state index < -0.39 is 0 Å². The van der Waals surface area contributed by atoms with Gasteiger partial charge in [-0.2, -0.15) is 0 Å². The first-order valence-electron chi connectivity index (χ1n) is 11.3. The van der Waals surface area contributed by atoms with Crippen molar-refractivity contribution in [2.24, 2.45) is 4.99 Å². The van der Waals surface area contributed by atoms with Gasteiger partial charge in [0.25, 0.3) is 0 Å². The molecule has 2 aromatic carbocycles. The Labute approximate surface area is 214 Å². The van der Waals surface area contributed by atoms with Gasteiger partial charge in [0.1, 0.15) is 0 Å². The summed E-state index contributed by atoms with van der Waals surface area (Å²) < 4.78 is 16.9. The lowest BCUT2D eigenvalue weighted by atomic mass is 10.1. The standard InChI is InChI=1S/C25H36N4O3.HI/c1-6-31-24-13-22(11-12-23(24)30-5)28-25(26-4)27-14-20-9-7-8-10-21(20)17-29-15-18(2)32-19(3)16-29;/h7-13,18-19H,6,14-17H2,1-5H3,(H2,26,27,28);1H. The predicted molar refractivity (Wildman–Crippen MR) is 145 cm³/mol. The largest absolute Gasteiger partial charge is 0.493 e. The minimum Gasteiger partial charge on any atom is -0.493 e. The van der Waals surface area contributed by atoms with Crippen molar-refractivity contribution in [1.82, 2.24) is 10.2 Å². The van der Waals surface area contributed by atoms with E-state index in [4.69, 9.17) is 14.2 Å². The van der Waals surface area contributed by atoms with Gasteiger partial charge in [-0.1, -0.05) is 24.3 Å². The SMILES string of the molecule is CCOc1cc(NC(=NC)NCc2ccccc2CN2CC(C)OC(C)C2)ccc1OC.I. The summed E-state index contributed by atoms with van der Waals surface area (Å²) in [6.07, 6.45) is 0.524. The summed E-state index contributed by atoms with van der Waals surface area (Å²) in [5.41, 5.74) is 3.46. The third-order valence-corrected chi connectivity index (χ3v) is 5.40. The first-order chi connectivity index (χ1) is 15.5. The summed E-state index contributed by atoms with van der Waals surface area (Å²) in [6.45, 7) is 10.3. The van der Waals surface area contributed by atoms with Crippen molar-refractivity contribution in [2.75, 3.05) is 39.2 Å². The molecule has 2 aromatic rings. The van der Waals surface area contributed by atoms with Crippen LogP contribution in [0.25, 0.3) is 0 Å². The molecule has 0 aliphatic carbocycles. The predicted octanol–water partition coefficient (Wildman–Crippen LogP) is 4.51. The molecule has 8 heteroatoms. The topological polar surface area (TPSA) is 67.4 Å². The van der Waals surface area contributed by atoms with Gasteiger partial charge in [-0.3, -0.25) is 9.89 Å². The van der Waals surface area contributed by atoms with Crippen LogP contribution < -0.4 is 20.1 Å². The Bertz CT molecular complexity index is 899. The molecule has 0 spiro atoms. The molecule has 0 saturated carbocycles. The molecule has 0 aromatic heterocycles. The number of benzene rings is 2. The molecule has 3 rings (SSSR count). The van der Waals surface area contributed by atoms with Crippen LogP contribution >= 0.6 is 24.0 Å². The summed E-state index contributed by atoms with van der Waals surface area (Å²) in [7, 11) is 3.41. The van der Waals surface area contributed by atoms with E-state index >= 15 is 0 Å². The molecule has 1 saturated heterocycles. The van der Waals surface area contributed by atoms with Crippen LogP contribution in [0.4, 0.5) is 5.69 Å². The Kier molecular flexibility index (Phi) is 11.2. The maximum Gasteiger partial charge on any atom is 0.195 e. The zero-order valence-electron chi connectivity index (χ0n) is 20.3. The van der Waals surface area contributed by atoms with Crippen molar-refractivity contribution >= 4 is 35.6 Å². The number of anilines is 1. The minimum absolute atomic E-state index is 0. The molecule has 2 unspecified atom stereocenters. The van der Waals surface area contributed by atoms with Crippen LogP contribution in [0.2, 0.25) is 0 Å². The van der Waals surface area contributed by atoms with E-state index in [-0.39, 0.29) is 36.2 Å². The molecule has 1 aliphatic heterocycles. The number of guanidine groups is 1. The number of nitrogens with zero attached hydrogens (tertiary/aromatic N) is 2. The van der Waals surface area contributed by atoms with Crippen LogP contribution in [0.15, 0.2) is 47.5 Å². The fraction of sp³-hybridized carbons (Fsp3) is 0.480. The number of morpholine rings is 1. The Morgan fingerprint density at radius 3 is 2.42 bits per heavy atom. The van der Waals surface area contributed by atoms with Crippen LogP contribution in [0.5, 0.6) is 11.5 Å². The van der Waals surface area contributed by atoms with Gasteiger partial charge in [-0.25, -0.2) is 0 Å². The first-order valence-corrected chi connectivity index (χ1v) is 11.3. The van der Waals surface area contributed by atoms with Crippen molar-refractivity contribution < 1.29 is 14.2 Å². The second kappa shape index (κ2) is 13.6. The Hall–Kier alpha value is -2.04. The maximum atomic E-state index is 5.88. The highest BCUT2D eigenvalue weighted by atomic mass is 127. The molecule has 2 atom stereocenters. The van der Waals surface area contributed by atoms with Gasteiger partial charge >= 0.3 is 0 Å². The van der Waals surface area contributed by atoms with Crippen molar-refractivity contribution in [3.8, 4) is 11.5 Å². The monoisotopic (exact) mass is 568 g/mol. The van der Waals surface area contributed by atoms with Gasteiger partial charge in [-0.15, -0.1) is 24.0 Å². The maximum absolute atomic E-state index is 5.88. The van der Waals surface area contributed by atoms with E-state index in [1.54, 1.807) is 14.2 Å². The zero-order chi connectivity index (χ0) is 22.9. The number of hydrogen-bond acceptors (Lipinski definition) is 5. The van der Waals surface area contributed by atoms with E-state index in [0.29, 0.717) is 30.6 Å². The van der Waals surface area contributed by atoms with Gasteiger partial charge in [0, 0.05) is 45.0 Å². The van der Waals surface area contributed by atoms with Crippen molar-refractivity contribution in [1.29, 1.82) is 0 Å². The second-order valence-corrected chi connectivity index (χ2v) is 8.07. The fourth-order valence-corrected chi connectivity index (χ4v) is 4.06. The highest BCUT2D eigenvalue weighted by molar-refractivity contribution is 14.0. The molecular formula is C25H37IN4O3. The lowest BCUT2D eigenvalue weighted by Gasteiger charge is -2.35. The smallest absolute Gasteiger partial charge is 0.195 e. The molecule has 0 amide bonds. The second-order valence-electron chi connectivity index (χ2n) is 8.07. The number of halogens is 1. The third-order valence-electron chi connectivity index (χ3n) is 5.40. The quantitative estimate of drug-likeness (QED) is 0.278. The minimum atomic E-state index is 0. The average Bonchev–Trinajstić information content (AvgIpc) is 2.77. The lowest BCUT2D eigenvalue weighted by molar-refractivity contribution is -0.0705. The Morgan fingerprint density at radius 2 is 1.79 bits per heavy atom. The van der Waals surface area contributed by atoms with E-state index in [0.717, 1.165) is 25.3 Å². The number of ether oxygens (including phenoxy) is 3. The number of methoxy groups -OCH3 is 1. The molecule has 1 heterocycles. The zero-order valence-corrected chi connectivity index (χ0v) is 22.6. The average molecular weight is 569 g/mol. The normalized spacial score (nSPS) is 18.9. The number of nitrogens with one attached hydrogen (secondary N) is 2. The lowest BCUT2D eigenvalue weighted by Crippen LogP contribution is -2.45. The molecule has 182 valence electrons. The van der Waals surface area contributed by atoms with Crippen LogP contribution in [0.1, 0.15) is 31.9 Å². The molecular weight excluding hydrogens is 531 g/mol. The summed E-state index contributed by atoms with van der Waals surface area (Å²) >= 11 is 0. The summed E-state index contributed by atoms with van der Waals surface area (Å²) in [4.78, 5) is 6.85. The molecule has 1 aliphatic rings. The van der Waals surface area contributed by atoms with Gasteiger partial charge in [0.15, 0.2) is 17.5 Å². The fourth-order valence-electron chi connectivity index (χ4n) is 4.06. The van der Waals surface area contributed by atoms with Crippen LogP contribution in [-0.2, 0) is 17.8 Å². The van der Waals surface area contributed by atoms with Gasteiger partial charge < -0.3 is 24.8 Å². The molecule has 2 N–H and O–H groups in total. The molecule has 0 bridgehead atoms. The molecule has 33 heavy (non-hydrogen) atoms. The molecule has 0 radical (unpaired) electrons. The van der Waals surface area contributed by atoms with Crippen LogP contribution in [-0.4, -0.2) is 56.9 Å². The number of hydrogen-bond donors (Lipinski definition) is 2. The van der Waals surface area contributed by atoms with Gasteiger partial charge in [0.05, 0.1) is 25.9 Å². The van der Waals surface area contributed by atoms with Gasteiger partial charge in [-0.05, 0) is 44.0 Å². The first kappa shape index (κ1) is 27.2. The van der Waals surface area contributed by atoms with E-state index in [2.05, 4.69) is 58.6 Å². The molecule has 1 fully saturated rings. The summed E-state index contributed by atoms with van der Waals surface area (Å²) in [6, 6.07) is 14.3. The van der Waals surface area contributed by atoms with Crippen molar-refractivity contribution in [3.05, 3.63) is 53.6 Å². The Morgan fingerprint density at radius 1 is 1.09 bits per heavy atom. The Balaban J connectivity index is 0.00000385. The van der Waals surface area contributed by atoms with E-state index in [9.17, 15) is 0 Å². The third kappa shape index (κ3) is 8.04. The van der Waals surface area contributed by atoms with Crippen LogP contribution in [0.3, 0.4) is 0 Å². The van der Waals surface area contributed by atoms with E-state index in [1.807, 2.05) is 25.1 Å². The summed E-state index contributed by atoms with van der Waals surface area (Å²) in [5, 5.41) is 6.77. The van der Waals surface area contributed by atoms with Gasteiger partial charge in [0.2, 0.25) is 0 Å². The van der Waals surface area contributed by atoms with Crippen molar-refractivity contribution in [3.63, 3.8) is 0 Å². The molecule has 7 nitrogen and oxygen atoms in total. The number of rotatable bonds is 8. The highest BCUT2D eigenvalue weighted by Gasteiger charge is 2.22. The summed E-state index contributed by atoms with van der Waals surface area (Å²) in [5.74, 6) is 2.11. The van der Waals surface area contributed by atoms with Crippen molar-refractivity contribution in [2.45, 2.75) is 46.1 Å². The van der Waals surface area contributed by atoms with Crippen LogP contribution in [0, 0.1) is 0 Å².